The Bertz CT molecular complexity index is 670. The predicted molar refractivity (Wildman–Crippen MR) is 88.2 cm³/mol. The van der Waals surface area contributed by atoms with Crippen LogP contribution in [0.25, 0.3) is 10.4 Å². The van der Waals surface area contributed by atoms with Crippen molar-refractivity contribution in [1.82, 2.24) is 0 Å². The summed E-state index contributed by atoms with van der Waals surface area (Å²) >= 11 is 13.4. The Morgan fingerprint density at radius 1 is 1.27 bits per heavy atom. The summed E-state index contributed by atoms with van der Waals surface area (Å²) in [4.78, 5) is 12.8. The summed E-state index contributed by atoms with van der Waals surface area (Å²) in [6, 6.07) is 5.24. The summed E-state index contributed by atoms with van der Waals surface area (Å²) in [6.45, 7) is 2.07. The fourth-order valence-electron chi connectivity index (χ4n) is 1.79. The quantitative estimate of drug-likeness (QED) is 0.543. The number of esters is 1. The van der Waals surface area contributed by atoms with Crippen molar-refractivity contribution in [1.29, 1.82) is 0 Å². The Kier molecular flexibility index (Phi) is 6.08. The van der Waals surface area contributed by atoms with Crippen molar-refractivity contribution >= 4 is 40.5 Å². The first-order valence-electron chi connectivity index (χ1n) is 6.44. The molecule has 0 aliphatic carbocycles. The molecular formula is C15H14Cl2O4S. The fourth-order valence-corrected chi connectivity index (χ4v) is 3.07. The lowest BCUT2D eigenvalue weighted by Gasteiger charge is -2.09. The Morgan fingerprint density at radius 2 is 2.05 bits per heavy atom. The minimum absolute atomic E-state index is 0.0253. The van der Waals surface area contributed by atoms with E-state index in [1.165, 1.54) is 18.4 Å². The van der Waals surface area contributed by atoms with Crippen molar-refractivity contribution in [2.24, 2.45) is 0 Å². The molecule has 0 aliphatic heterocycles. The van der Waals surface area contributed by atoms with Crippen LogP contribution in [0.4, 0.5) is 0 Å². The van der Waals surface area contributed by atoms with Crippen molar-refractivity contribution in [2.75, 3.05) is 20.5 Å². The smallest absolute Gasteiger partial charge is 0.342 e. The van der Waals surface area contributed by atoms with Gasteiger partial charge in [-0.1, -0.05) is 29.3 Å². The van der Waals surface area contributed by atoms with Gasteiger partial charge in [0.15, 0.2) is 12.5 Å². The summed E-state index contributed by atoms with van der Waals surface area (Å²) < 4.78 is 15.5. The normalized spacial score (nSPS) is 10.5. The van der Waals surface area contributed by atoms with Crippen molar-refractivity contribution in [3.63, 3.8) is 0 Å². The molecule has 2 aromatic rings. The monoisotopic (exact) mass is 360 g/mol. The number of halogens is 2. The highest BCUT2D eigenvalue weighted by Crippen LogP contribution is 2.41. The van der Waals surface area contributed by atoms with Gasteiger partial charge < -0.3 is 14.2 Å². The number of thiophene rings is 1. The third-order valence-corrected chi connectivity index (χ3v) is 4.49. The summed E-state index contributed by atoms with van der Waals surface area (Å²) in [7, 11) is 1.51. The number of ether oxygens (including phenoxy) is 3. The molecule has 4 nitrogen and oxygen atoms in total. The van der Waals surface area contributed by atoms with Gasteiger partial charge in [0.05, 0.1) is 21.5 Å². The highest BCUT2D eigenvalue weighted by Gasteiger charge is 2.22. The van der Waals surface area contributed by atoms with E-state index < -0.39 is 5.97 Å². The van der Waals surface area contributed by atoms with Crippen LogP contribution in [0.5, 0.6) is 5.75 Å². The molecule has 0 radical (unpaired) electrons. The number of methoxy groups -OCH3 is 1. The van der Waals surface area contributed by atoms with Gasteiger partial charge in [0.2, 0.25) is 0 Å². The van der Waals surface area contributed by atoms with Crippen LogP contribution in [0.15, 0.2) is 23.6 Å². The Balaban J connectivity index is 2.45. The highest BCUT2D eigenvalue weighted by atomic mass is 35.5. The number of hydrogen-bond donors (Lipinski definition) is 0. The van der Waals surface area contributed by atoms with Gasteiger partial charge in [0.1, 0.15) is 5.56 Å². The van der Waals surface area contributed by atoms with Gasteiger partial charge in [0.25, 0.3) is 0 Å². The predicted octanol–water partition coefficient (Wildman–Crippen LogP) is 4.88. The van der Waals surface area contributed by atoms with Gasteiger partial charge >= 0.3 is 5.97 Å². The van der Waals surface area contributed by atoms with E-state index in [-0.39, 0.29) is 6.79 Å². The average Bonchev–Trinajstić information content (AvgIpc) is 2.92. The van der Waals surface area contributed by atoms with Crippen LogP contribution in [0, 0.1) is 0 Å². The molecule has 1 aromatic heterocycles. The molecule has 0 saturated carbocycles. The van der Waals surface area contributed by atoms with E-state index in [1.807, 2.05) is 6.07 Å². The van der Waals surface area contributed by atoms with Crippen LogP contribution < -0.4 is 4.74 Å². The molecule has 0 fully saturated rings. The van der Waals surface area contributed by atoms with Crippen molar-refractivity contribution in [3.8, 4) is 16.2 Å². The zero-order valence-corrected chi connectivity index (χ0v) is 14.3. The molecular weight excluding hydrogens is 347 g/mol. The number of rotatable bonds is 6. The van der Waals surface area contributed by atoms with E-state index in [0.29, 0.717) is 28.0 Å². The maximum Gasteiger partial charge on any atom is 0.342 e. The van der Waals surface area contributed by atoms with Crippen molar-refractivity contribution < 1.29 is 19.0 Å². The molecule has 22 heavy (non-hydrogen) atoms. The standard InChI is InChI=1S/C15H14Cl2O4S/c1-3-20-15(18)10-7-22-14(13(10)21-8-19-2)9-4-5-11(16)12(17)6-9/h4-7H,3,8H2,1-2H3. The van der Waals surface area contributed by atoms with Gasteiger partial charge in [-0.25, -0.2) is 4.79 Å². The molecule has 1 heterocycles. The molecule has 0 atom stereocenters. The van der Waals surface area contributed by atoms with Crippen LogP contribution >= 0.6 is 34.5 Å². The Morgan fingerprint density at radius 3 is 2.68 bits per heavy atom. The van der Waals surface area contributed by atoms with Crippen molar-refractivity contribution in [2.45, 2.75) is 6.92 Å². The van der Waals surface area contributed by atoms with Gasteiger partial charge in [0, 0.05) is 12.5 Å². The summed E-state index contributed by atoms with van der Waals surface area (Å²) in [6.07, 6.45) is 0. The van der Waals surface area contributed by atoms with Crippen LogP contribution in [0.3, 0.4) is 0 Å². The lowest BCUT2D eigenvalue weighted by Crippen LogP contribution is -2.07. The first-order valence-corrected chi connectivity index (χ1v) is 8.07. The van der Waals surface area contributed by atoms with Crippen LogP contribution in [-0.4, -0.2) is 26.5 Å². The third kappa shape index (κ3) is 3.73. The molecule has 0 saturated heterocycles. The largest absolute Gasteiger partial charge is 0.465 e. The zero-order chi connectivity index (χ0) is 16.1. The van der Waals surface area contributed by atoms with Crippen LogP contribution in [-0.2, 0) is 9.47 Å². The Labute approximate surface area is 142 Å². The van der Waals surface area contributed by atoms with Gasteiger partial charge in [-0.15, -0.1) is 11.3 Å². The second-order valence-corrected chi connectivity index (χ2v) is 5.90. The summed E-state index contributed by atoms with van der Waals surface area (Å²) in [5.41, 5.74) is 1.17. The van der Waals surface area contributed by atoms with Crippen LogP contribution in [0.1, 0.15) is 17.3 Å². The lowest BCUT2D eigenvalue weighted by atomic mass is 10.1. The SMILES string of the molecule is CCOC(=O)c1csc(-c2ccc(Cl)c(Cl)c2)c1OCOC. The maximum atomic E-state index is 12.0. The molecule has 0 unspecified atom stereocenters. The van der Waals surface area contributed by atoms with E-state index in [9.17, 15) is 4.79 Å². The summed E-state index contributed by atoms with van der Waals surface area (Å²) in [5, 5.41) is 2.59. The maximum absolute atomic E-state index is 12.0. The van der Waals surface area contributed by atoms with Crippen molar-refractivity contribution in [3.05, 3.63) is 39.2 Å². The van der Waals surface area contributed by atoms with E-state index >= 15 is 0 Å². The minimum Gasteiger partial charge on any atom is -0.465 e. The minimum atomic E-state index is -0.434. The van der Waals surface area contributed by atoms with Gasteiger partial charge in [-0.2, -0.15) is 0 Å². The summed E-state index contributed by atoms with van der Waals surface area (Å²) in [5.74, 6) is -0.0140. The Hall–Kier alpha value is -1.27. The molecule has 1 aromatic carbocycles. The van der Waals surface area contributed by atoms with E-state index in [0.717, 1.165) is 10.4 Å². The fraction of sp³-hybridized carbons (Fsp3) is 0.267. The number of hydrogen-bond acceptors (Lipinski definition) is 5. The van der Waals surface area contributed by atoms with E-state index in [1.54, 1.807) is 24.4 Å². The molecule has 7 heteroatoms. The van der Waals surface area contributed by atoms with E-state index in [4.69, 9.17) is 37.4 Å². The van der Waals surface area contributed by atoms with Gasteiger partial charge in [-0.3, -0.25) is 0 Å². The highest BCUT2D eigenvalue weighted by molar-refractivity contribution is 7.14. The average molecular weight is 361 g/mol. The topological polar surface area (TPSA) is 44.8 Å². The molecule has 0 bridgehead atoms. The van der Waals surface area contributed by atoms with Crippen LogP contribution in [0.2, 0.25) is 10.0 Å². The molecule has 0 N–H and O–H groups in total. The number of carbonyl (C=O) groups excluding carboxylic acids is 1. The first kappa shape index (κ1) is 17.1. The second-order valence-electron chi connectivity index (χ2n) is 4.21. The lowest BCUT2D eigenvalue weighted by molar-refractivity contribution is 0.0444. The molecule has 0 aliphatic rings. The van der Waals surface area contributed by atoms with E-state index in [2.05, 4.69) is 0 Å². The zero-order valence-electron chi connectivity index (χ0n) is 12.0. The number of benzene rings is 1. The third-order valence-electron chi connectivity index (χ3n) is 2.74. The first-order chi connectivity index (χ1) is 10.6. The molecule has 0 amide bonds. The second kappa shape index (κ2) is 7.83. The molecule has 2 rings (SSSR count). The number of carbonyl (C=O) groups is 1. The molecule has 0 spiro atoms. The van der Waals surface area contributed by atoms with Gasteiger partial charge in [-0.05, 0) is 24.6 Å². The molecule has 118 valence electrons.